The molecule has 0 unspecified atom stereocenters. The number of anilines is 1. The van der Waals surface area contributed by atoms with Gasteiger partial charge in [-0.1, -0.05) is 34.7 Å². The lowest BCUT2D eigenvalue weighted by Crippen LogP contribution is -2.62. The highest BCUT2D eigenvalue weighted by molar-refractivity contribution is 7.13. The molecular weight excluding hydrogens is 440 g/mol. The Morgan fingerprint density at radius 2 is 2.06 bits per heavy atom. The van der Waals surface area contributed by atoms with Crippen molar-refractivity contribution in [2.45, 2.75) is 50.4 Å². The molecule has 9 nitrogen and oxygen atoms in total. The van der Waals surface area contributed by atoms with Gasteiger partial charge in [0.15, 0.2) is 6.61 Å². The van der Waals surface area contributed by atoms with Crippen molar-refractivity contribution in [2.75, 3.05) is 37.7 Å². The standard InChI is InChI=1S/C23H28N6O3S/c1-16-25-21(27-32-16)12-30-20-5-3-2-4-19(20)17-6-8-28(9-7-17)18-10-23(31-11-18)13-29(14-23)22-26-24-15-33-22/h2-5,15,17-18H,6-14H2,1H3/t18-/m0/s1. The molecule has 0 radical (unpaired) electrons. The summed E-state index contributed by atoms with van der Waals surface area (Å²) in [7, 11) is 0. The van der Waals surface area contributed by atoms with E-state index >= 15 is 0 Å². The van der Waals surface area contributed by atoms with Gasteiger partial charge in [-0.15, -0.1) is 10.2 Å². The zero-order valence-electron chi connectivity index (χ0n) is 18.7. The van der Waals surface area contributed by atoms with E-state index in [1.165, 1.54) is 5.56 Å². The number of hydrogen-bond acceptors (Lipinski definition) is 10. The summed E-state index contributed by atoms with van der Waals surface area (Å²) >= 11 is 1.60. The molecule has 2 aromatic heterocycles. The minimum Gasteiger partial charge on any atom is -0.485 e. The normalized spacial score (nSPS) is 23.2. The van der Waals surface area contributed by atoms with Crippen molar-refractivity contribution in [3.05, 3.63) is 47.1 Å². The van der Waals surface area contributed by atoms with Crippen molar-refractivity contribution in [1.82, 2.24) is 25.2 Å². The molecule has 3 aliphatic rings. The van der Waals surface area contributed by atoms with E-state index in [-0.39, 0.29) is 5.60 Å². The SMILES string of the molecule is Cc1nc(COc2ccccc2C2CCN([C@@H]3COC4(C3)CN(c3nncs3)C4)CC2)no1. The van der Waals surface area contributed by atoms with E-state index in [1.807, 2.05) is 12.1 Å². The van der Waals surface area contributed by atoms with Crippen LogP contribution in [0.3, 0.4) is 0 Å². The van der Waals surface area contributed by atoms with Crippen molar-refractivity contribution < 1.29 is 14.0 Å². The molecule has 3 aliphatic heterocycles. The topological polar surface area (TPSA) is 89.6 Å². The molecule has 0 bridgehead atoms. The number of piperidine rings is 1. The van der Waals surface area contributed by atoms with Gasteiger partial charge in [-0.2, -0.15) is 4.98 Å². The average molecular weight is 469 g/mol. The van der Waals surface area contributed by atoms with Crippen LogP contribution >= 0.6 is 11.3 Å². The van der Waals surface area contributed by atoms with Crippen molar-refractivity contribution in [3.8, 4) is 5.75 Å². The highest BCUT2D eigenvalue weighted by Crippen LogP contribution is 2.41. The molecule has 5 heterocycles. The lowest BCUT2D eigenvalue weighted by atomic mass is 9.86. The molecule has 1 atom stereocenters. The van der Waals surface area contributed by atoms with Crippen molar-refractivity contribution in [1.29, 1.82) is 0 Å². The van der Waals surface area contributed by atoms with Gasteiger partial charge >= 0.3 is 0 Å². The van der Waals surface area contributed by atoms with Crippen LogP contribution in [0.15, 0.2) is 34.3 Å². The minimum atomic E-state index is 0.00113. The number of aryl methyl sites for hydroxylation is 1. The highest BCUT2D eigenvalue weighted by Gasteiger charge is 2.51. The second kappa shape index (κ2) is 8.66. The van der Waals surface area contributed by atoms with E-state index in [1.54, 1.807) is 23.8 Å². The third kappa shape index (κ3) is 4.22. The number of para-hydroxylation sites is 1. The zero-order valence-corrected chi connectivity index (χ0v) is 19.5. The van der Waals surface area contributed by atoms with Crippen molar-refractivity contribution in [2.24, 2.45) is 0 Å². The molecule has 3 saturated heterocycles. The Hall–Kier alpha value is -2.56. The fourth-order valence-corrected chi connectivity index (χ4v) is 5.99. The van der Waals surface area contributed by atoms with Crippen LogP contribution in [0.5, 0.6) is 5.75 Å². The maximum absolute atomic E-state index is 6.31. The monoisotopic (exact) mass is 468 g/mol. The first-order valence-electron chi connectivity index (χ1n) is 11.6. The maximum Gasteiger partial charge on any atom is 0.223 e. The van der Waals surface area contributed by atoms with Gasteiger partial charge in [0.25, 0.3) is 0 Å². The van der Waals surface area contributed by atoms with E-state index in [0.29, 0.717) is 30.3 Å². The molecule has 0 N–H and O–H groups in total. The van der Waals surface area contributed by atoms with Gasteiger partial charge in [0.1, 0.15) is 16.9 Å². The Kier molecular flexibility index (Phi) is 5.51. The lowest BCUT2D eigenvalue weighted by Gasteiger charge is -2.47. The number of hydrogen-bond donors (Lipinski definition) is 0. The summed E-state index contributed by atoms with van der Waals surface area (Å²) < 4.78 is 17.4. The van der Waals surface area contributed by atoms with Crippen LogP contribution in [-0.2, 0) is 11.3 Å². The predicted molar refractivity (Wildman–Crippen MR) is 123 cm³/mol. The van der Waals surface area contributed by atoms with Crippen LogP contribution in [0, 0.1) is 6.92 Å². The van der Waals surface area contributed by atoms with E-state index in [2.05, 4.69) is 42.3 Å². The van der Waals surface area contributed by atoms with Gasteiger partial charge in [0, 0.05) is 13.0 Å². The molecule has 10 heteroatoms. The Morgan fingerprint density at radius 3 is 2.82 bits per heavy atom. The maximum atomic E-state index is 6.31. The van der Waals surface area contributed by atoms with Crippen LogP contribution in [0.2, 0.25) is 0 Å². The van der Waals surface area contributed by atoms with Crippen LogP contribution in [0.25, 0.3) is 0 Å². The van der Waals surface area contributed by atoms with Crippen LogP contribution in [0.4, 0.5) is 5.13 Å². The first-order valence-corrected chi connectivity index (χ1v) is 12.5. The number of ether oxygens (including phenoxy) is 2. The molecule has 1 spiro atoms. The predicted octanol–water partition coefficient (Wildman–Crippen LogP) is 3.04. The Morgan fingerprint density at radius 1 is 1.21 bits per heavy atom. The average Bonchev–Trinajstić information content (AvgIpc) is 3.58. The Labute approximate surface area is 196 Å². The number of aromatic nitrogens is 4. The molecule has 3 aromatic rings. The molecule has 3 fully saturated rings. The van der Waals surface area contributed by atoms with E-state index in [0.717, 1.165) is 62.9 Å². The van der Waals surface area contributed by atoms with Crippen LogP contribution in [0.1, 0.15) is 42.5 Å². The summed E-state index contributed by atoms with van der Waals surface area (Å²) in [5.41, 5.74) is 3.07. The Bertz CT molecular complexity index is 1080. The molecule has 6 rings (SSSR count). The van der Waals surface area contributed by atoms with Crippen molar-refractivity contribution >= 4 is 16.5 Å². The Balaban J connectivity index is 1.03. The summed E-state index contributed by atoms with van der Waals surface area (Å²) in [4.78, 5) is 9.14. The summed E-state index contributed by atoms with van der Waals surface area (Å²) in [6, 6.07) is 8.87. The molecule has 1 aromatic carbocycles. The summed E-state index contributed by atoms with van der Waals surface area (Å²) in [5.74, 6) is 2.56. The number of nitrogens with zero attached hydrogens (tertiary/aromatic N) is 6. The van der Waals surface area contributed by atoms with E-state index in [9.17, 15) is 0 Å². The smallest absolute Gasteiger partial charge is 0.223 e. The first kappa shape index (κ1) is 21.0. The van der Waals surface area contributed by atoms with E-state index in [4.69, 9.17) is 14.0 Å². The van der Waals surface area contributed by atoms with Crippen molar-refractivity contribution in [3.63, 3.8) is 0 Å². The fourth-order valence-electron chi connectivity index (χ4n) is 5.43. The number of likely N-dealkylation sites (tertiary alicyclic amines) is 1. The first-order chi connectivity index (χ1) is 16.2. The highest BCUT2D eigenvalue weighted by atomic mass is 32.1. The third-order valence-electron chi connectivity index (χ3n) is 7.10. The molecular formula is C23H28N6O3S. The molecule has 0 aliphatic carbocycles. The van der Waals surface area contributed by atoms with Crippen LogP contribution < -0.4 is 9.64 Å². The van der Waals surface area contributed by atoms with Gasteiger partial charge in [-0.05, 0) is 49.9 Å². The summed E-state index contributed by atoms with van der Waals surface area (Å²) in [6.45, 7) is 6.98. The van der Waals surface area contributed by atoms with Gasteiger partial charge < -0.3 is 18.9 Å². The third-order valence-corrected chi connectivity index (χ3v) is 7.85. The molecule has 0 saturated carbocycles. The molecule has 174 valence electrons. The van der Waals surface area contributed by atoms with E-state index < -0.39 is 0 Å². The van der Waals surface area contributed by atoms with Gasteiger partial charge in [0.05, 0.1) is 19.7 Å². The number of rotatable bonds is 6. The van der Waals surface area contributed by atoms with Gasteiger partial charge in [-0.25, -0.2) is 0 Å². The largest absolute Gasteiger partial charge is 0.485 e. The molecule has 0 amide bonds. The second-order valence-electron chi connectivity index (χ2n) is 9.30. The number of benzene rings is 1. The van der Waals surface area contributed by atoms with Crippen LogP contribution in [-0.4, -0.2) is 69.7 Å². The quantitative estimate of drug-likeness (QED) is 0.541. The molecule has 33 heavy (non-hydrogen) atoms. The lowest BCUT2D eigenvalue weighted by molar-refractivity contribution is -0.0195. The summed E-state index contributed by atoms with van der Waals surface area (Å²) in [6.07, 6.45) is 3.36. The fraction of sp³-hybridized carbons (Fsp3) is 0.565. The van der Waals surface area contributed by atoms with Gasteiger partial charge in [0.2, 0.25) is 16.8 Å². The summed E-state index contributed by atoms with van der Waals surface area (Å²) in [5, 5.41) is 13.1. The van der Waals surface area contributed by atoms with Gasteiger partial charge in [-0.3, -0.25) is 4.90 Å². The zero-order chi connectivity index (χ0) is 22.3. The second-order valence-corrected chi connectivity index (χ2v) is 10.1. The minimum absolute atomic E-state index is 0.00113.